The molecule has 0 bridgehead atoms. The molecule has 2 heterocycles. The fourth-order valence-electron chi connectivity index (χ4n) is 2.96. The van der Waals surface area contributed by atoms with Gasteiger partial charge in [0.05, 0.1) is 24.0 Å². The highest BCUT2D eigenvalue weighted by Crippen LogP contribution is 2.32. The summed E-state index contributed by atoms with van der Waals surface area (Å²) in [6, 6.07) is 19.0. The number of fused-ring (bicyclic) bond motifs is 1. The molecular formula is C24H17N3O2. The van der Waals surface area contributed by atoms with Crippen LogP contribution in [0.15, 0.2) is 73.1 Å². The Morgan fingerprint density at radius 3 is 2.62 bits per heavy atom. The molecular weight excluding hydrogens is 362 g/mol. The van der Waals surface area contributed by atoms with Crippen LogP contribution < -0.4 is 10.1 Å². The van der Waals surface area contributed by atoms with Crippen LogP contribution in [0.4, 0.5) is 11.4 Å². The molecule has 0 atom stereocenters. The summed E-state index contributed by atoms with van der Waals surface area (Å²) < 4.78 is 5.44. The van der Waals surface area contributed by atoms with E-state index in [9.17, 15) is 4.79 Å². The van der Waals surface area contributed by atoms with Crippen LogP contribution in [0, 0.1) is 11.8 Å². The molecule has 0 aliphatic carbocycles. The van der Waals surface area contributed by atoms with Crippen LogP contribution in [0.2, 0.25) is 0 Å². The van der Waals surface area contributed by atoms with Crippen molar-refractivity contribution >= 4 is 28.6 Å². The van der Waals surface area contributed by atoms with E-state index in [-0.39, 0.29) is 0 Å². The molecule has 2 aromatic heterocycles. The second-order valence-corrected chi connectivity index (χ2v) is 6.23. The molecule has 2 aromatic carbocycles. The van der Waals surface area contributed by atoms with E-state index in [4.69, 9.17) is 4.74 Å². The Morgan fingerprint density at radius 1 is 0.931 bits per heavy atom. The van der Waals surface area contributed by atoms with Crippen molar-refractivity contribution in [1.29, 1.82) is 0 Å². The highest BCUT2D eigenvalue weighted by atomic mass is 16.5. The van der Waals surface area contributed by atoms with Gasteiger partial charge >= 0.3 is 0 Å². The first-order valence-corrected chi connectivity index (χ1v) is 8.99. The van der Waals surface area contributed by atoms with Gasteiger partial charge in [0.1, 0.15) is 11.4 Å². The molecule has 0 unspecified atom stereocenters. The zero-order chi connectivity index (χ0) is 20.1. The average Bonchev–Trinajstić information content (AvgIpc) is 2.79. The lowest BCUT2D eigenvalue weighted by atomic mass is 10.1. The number of hydrogen-bond acceptors (Lipinski definition) is 5. The van der Waals surface area contributed by atoms with Crippen molar-refractivity contribution < 1.29 is 9.53 Å². The molecule has 0 amide bonds. The van der Waals surface area contributed by atoms with Gasteiger partial charge in [-0.05, 0) is 48.5 Å². The lowest BCUT2D eigenvalue weighted by Gasteiger charge is -2.13. The summed E-state index contributed by atoms with van der Waals surface area (Å²) in [7, 11) is 1.65. The monoisotopic (exact) mass is 379 g/mol. The lowest BCUT2D eigenvalue weighted by Crippen LogP contribution is -1.97. The third kappa shape index (κ3) is 3.92. The molecule has 4 rings (SSSR count). The maximum Gasteiger partial charge on any atom is 0.168 e. The number of carbonyl (C=O) groups excluding carboxylic acids is 1. The number of anilines is 2. The van der Waals surface area contributed by atoms with Crippen molar-refractivity contribution in [2.45, 2.75) is 0 Å². The van der Waals surface area contributed by atoms with Crippen LogP contribution in [-0.2, 0) is 0 Å². The van der Waals surface area contributed by atoms with Crippen LogP contribution in [0.25, 0.3) is 10.9 Å². The molecule has 0 spiro atoms. The van der Waals surface area contributed by atoms with E-state index >= 15 is 0 Å². The van der Waals surface area contributed by atoms with E-state index in [1.54, 1.807) is 31.6 Å². The standard InChI is InChI=1S/C24H17N3O2/c1-29-23-13-12-22(24-20(23)6-4-14-25-24)27-21-7-3-2-5-18(21)10-8-17-9-11-19(16-28)26-15-17/h2-7,9,11-16,27H,1H3. The molecule has 29 heavy (non-hydrogen) atoms. The Bertz CT molecular complexity index is 1240. The maximum absolute atomic E-state index is 10.7. The molecule has 140 valence electrons. The predicted octanol–water partition coefficient (Wildman–Crippen LogP) is 4.59. The SMILES string of the molecule is COc1ccc(Nc2ccccc2C#Cc2ccc(C=O)nc2)c2ncccc12. The number of benzene rings is 2. The van der Waals surface area contributed by atoms with Gasteiger partial charge in [-0.3, -0.25) is 14.8 Å². The number of carbonyl (C=O) groups is 1. The van der Waals surface area contributed by atoms with Gasteiger partial charge in [-0.25, -0.2) is 0 Å². The lowest BCUT2D eigenvalue weighted by molar-refractivity contribution is 0.111. The highest BCUT2D eigenvalue weighted by molar-refractivity contribution is 5.96. The molecule has 0 aliphatic rings. The molecule has 0 radical (unpaired) electrons. The van der Waals surface area contributed by atoms with Gasteiger partial charge in [0.25, 0.3) is 0 Å². The van der Waals surface area contributed by atoms with Gasteiger partial charge in [0.2, 0.25) is 0 Å². The number of ether oxygens (including phenoxy) is 1. The summed E-state index contributed by atoms with van der Waals surface area (Å²) in [4.78, 5) is 19.3. The smallest absolute Gasteiger partial charge is 0.168 e. The predicted molar refractivity (Wildman–Crippen MR) is 114 cm³/mol. The first-order valence-electron chi connectivity index (χ1n) is 8.99. The van der Waals surface area contributed by atoms with E-state index < -0.39 is 0 Å². The molecule has 5 nitrogen and oxygen atoms in total. The summed E-state index contributed by atoms with van der Waals surface area (Å²) in [5.41, 5.74) is 4.52. The summed E-state index contributed by atoms with van der Waals surface area (Å²) in [5, 5.41) is 4.37. The normalized spacial score (nSPS) is 10.1. The number of hydrogen-bond donors (Lipinski definition) is 1. The topological polar surface area (TPSA) is 64.1 Å². The van der Waals surface area contributed by atoms with Crippen LogP contribution in [0.3, 0.4) is 0 Å². The second-order valence-electron chi connectivity index (χ2n) is 6.23. The molecule has 5 heteroatoms. The number of para-hydroxylation sites is 1. The van der Waals surface area contributed by atoms with E-state index in [0.29, 0.717) is 12.0 Å². The van der Waals surface area contributed by atoms with Gasteiger partial charge in [-0.1, -0.05) is 24.0 Å². The Labute approximate surface area is 168 Å². The fourth-order valence-corrected chi connectivity index (χ4v) is 2.96. The van der Waals surface area contributed by atoms with Crippen molar-refractivity contribution in [3.8, 4) is 17.6 Å². The minimum absolute atomic E-state index is 0.386. The zero-order valence-electron chi connectivity index (χ0n) is 15.7. The van der Waals surface area contributed by atoms with Crippen molar-refractivity contribution in [3.05, 3.63) is 89.9 Å². The van der Waals surface area contributed by atoms with Gasteiger partial charge < -0.3 is 10.1 Å². The summed E-state index contributed by atoms with van der Waals surface area (Å²) >= 11 is 0. The number of pyridine rings is 2. The summed E-state index contributed by atoms with van der Waals surface area (Å²) in [6.45, 7) is 0. The van der Waals surface area contributed by atoms with Crippen LogP contribution in [-0.4, -0.2) is 23.4 Å². The van der Waals surface area contributed by atoms with Crippen molar-refractivity contribution in [2.24, 2.45) is 0 Å². The number of nitrogens with one attached hydrogen (secondary N) is 1. The van der Waals surface area contributed by atoms with Crippen LogP contribution in [0.1, 0.15) is 21.6 Å². The molecule has 0 fully saturated rings. The first kappa shape index (κ1) is 18.2. The number of rotatable bonds is 4. The highest BCUT2D eigenvalue weighted by Gasteiger charge is 2.09. The third-order valence-electron chi connectivity index (χ3n) is 4.39. The summed E-state index contributed by atoms with van der Waals surface area (Å²) in [5.74, 6) is 7.04. The zero-order valence-corrected chi connectivity index (χ0v) is 15.7. The maximum atomic E-state index is 10.7. The minimum atomic E-state index is 0.386. The second kappa shape index (κ2) is 8.24. The molecule has 0 aliphatic heterocycles. The molecule has 0 saturated heterocycles. The van der Waals surface area contributed by atoms with Crippen molar-refractivity contribution in [1.82, 2.24) is 9.97 Å². The molecule has 0 saturated carbocycles. The summed E-state index contributed by atoms with van der Waals surface area (Å²) in [6.07, 6.45) is 4.06. The van der Waals surface area contributed by atoms with Gasteiger partial charge in [0, 0.05) is 28.9 Å². The Kier molecular flexibility index (Phi) is 5.17. The Morgan fingerprint density at radius 2 is 1.83 bits per heavy atom. The van der Waals surface area contributed by atoms with E-state index in [2.05, 4.69) is 27.1 Å². The van der Waals surface area contributed by atoms with Gasteiger partial charge in [0.15, 0.2) is 6.29 Å². The molecule has 4 aromatic rings. The van der Waals surface area contributed by atoms with Crippen molar-refractivity contribution in [3.63, 3.8) is 0 Å². The van der Waals surface area contributed by atoms with Gasteiger partial charge in [-0.2, -0.15) is 0 Å². The first-order chi connectivity index (χ1) is 14.3. The number of aldehydes is 1. The Hall–Kier alpha value is -4.17. The van der Waals surface area contributed by atoms with E-state index in [1.165, 1.54) is 0 Å². The fraction of sp³-hybridized carbons (Fsp3) is 0.0417. The number of aromatic nitrogens is 2. The average molecular weight is 379 g/mol. The number of nitrogens with zero attached hydrogens (tertiary/aromatic N) is 2. The van der Waals surface area contributed by atoms with Crippen LogP contribution >= 0.6 is 0 Å². The van der Waals surface area contributed by atoms with E-state index in [0.717, 1.165) is 39.2 Å². The van der Waals surface area contributed by atoms with Crippen LogP contribution in [0.5, 0.6) is 5.75 Å². The Balaban J connectivity index is 1.69. The third-order valence-corrected chi connectivity index (χ3v) is 4.39. The largest absolute Gasteiger partial charge is 0.496 e. The molecule has 1 N–H and O–H groups in total. The minimum Gasteiger partial charge on any atom is -0.496 e. The number of methoxy groups -OCH3 is 1. The van der Waals surface area contributed by atoms with E-state index in [1.807, 2.05) is 48.5 Å². The quantitative estimate of drug-likeness (QED) is 0.415. The van der Waals surface area contributed by atoms with Crippen molar-refractivity contribution in [2.75, 3.05) is 12.4 Å². The van der Waals surface area contributed by atoms with Gasteiger partial charge in [-0.15, -0.1) is 0 Å².